The van der Waals surface area contributed by atoms with Gasteiger partial charge in [0.1, 0.15) is 22.0 Å². The van der Waals surface area contributed by atoms with Crippen molar-refractivity contribution in [1.29, 1.82) is 0 Å². The quantitative estimate of drug-likeness (QED) is 0.443. The van der Waals surface area contributed by atoms with Crippen molar-refractivity contribution >= 4 is 23.3 Å². The minimum atomic E-state index is -1.09. The van der Waals surface area contributed by atoms with Crippen molar-refractivity contribution in [2.24, 2.45) is 10.7 Å². The molecule has 0 unspecified atom stereocenters. The van der Waals surface area contributed by atoms with Crippen molar-refractivity contribution in [3.05, 3.63) is 47.1 Å². The topological polar surface area (TPSA) is 98.8 Å². The van der Waals surface area contributed by atoms with Gasteiger partial charge in [-0.15, -0.1) is 0 Å². The van der Waals surface area contributed by atoms with Crippen LogP contribution in [0.4, 0.5) is 0 Å². The lowest BCUT2D eigenvalue weighted by molar-refractivity contribution is -0.134. The van der Waals surface area contributed by atoms with Gasteiger partial charge in [0.15, 0.2) is 11.7 Å². The van der Waals surface area contributed by atoms with E-state index in [4.69, 9.17) is 26.8 Å². The number of nitrogens with zero attached hydrogens (tertiary/aromatic N) is 2. The molecule has 0 amide bonds. The number of fused-ring (bicyclic) bond motifs is 1. The fourth-order valence-corrected chi connectivity index (χ4v) is 4.53. The molecule has 0 saturated carbocycles. The number of Topliss-reactive ketones (excluding diaryl/α,β-unsaturated/α-hetero) is 1. The summed E-state index contributed by atoms with van der Waals surface area (Å²) in [6.45, 7) is 2.67. The number of halogens is 1. The van der Waals surface area contributed by atoms with Crippen molar-refractivity contribution in [2.45, 2.75) is 37.3 Å². The summed E-state index contributed by atoms with van der Waals surface area (Å²) in [5.41, 5.74) is 6.61. The third-order valence-corrected chi connectivity index (χ3v) is 6.04. The van der Waals surface area contributed by atoms with Gasteiger partial charge in [-0.1, -0.05) is 17.7 Å². The summed E-state index contributed by atoms with van der Waals surface area (Å²) in [5.74, 6) is 0.750. The number of ketones is 1. The summed E-state index contributed by atoms with van der Waals surface area (Å²) in [6.07, 6.45) is 2.06. The maximum Gasteiger partial charge on any atom is 0.189 e. The minimum Gasteiger partial charge on any atom is -0.484 e. The predicted molar refractivity (Wildman–Crippen MR) is 116 cm³/mol. The lowest BCUT2D eigenvalue weighted by atomic mass is 9.72. The first-order valence-electron chi connectivity index (χ1n) is 9.93. The van der Waals surface area contributed by atoms with Gasteiger partial charge in [-0.05, 0) is 50.1 Å². The molecule has 7 nitrogen and oxygen atoms in total. The Morgan fingerprint density at radius 1 is 1.33 bits per heavy atom. The Hall–Kier alpha value is -2.64. The largest absolute Gasteiger partial charge is 0.484 e. The molecule has 0 aliphatic carbocycles. The molecule has 1 aromatic carbocycles. The number of hydrogen-bond donors (Lipinski definition) is 2. The number of rotatable bonds is 3. The number of pyridine rings is 1. The monoisotopic (exact) mass is 428 g/mol. The Kier molecular flexibility index (Phi) is 5.42. The van der Waals surface area contributed by atoms with Crippen LogP contribution in [-0.4, -0.2) is 42.6 Å². The Labute approximate surface area is 180 Å². The van der Waals surface area contributed by atoms with E-state index in [0.29, 0.717) is 41.8 Å². The number of nitrogens with one attached hydrogen (secondary N) is 1. The summed E-state index contributed by atoms with van der Waals surface area (Å²) in [7, 11) is 1.59. The van der Waals surface area contributed by atoms with Gasteiger partial charge in [0.2, 0.25) is 0 Å². The van der Waals surface area contributed by atoms with Gasteiger partial charge >= 0.3 is 0 Å². The molecule has 3 N–H and O–H groups in total. The molecule has 0 bridgehead atoms. The summed E-state index contributed by atoms with van der Waals surface area (Å²) < 4.78 is 12.2. The van der Waals surface area contributed by atoms with Crippen molar-refractivity contribution in [2.75, 3.05) is 20.3 Å². The lowest BCUT2D eigenvalue weighted by Crippen LogP contribution is -2.62. The summed E-state index contributed by atoms with van der Waals surface area (Å²) in [5, 5.41) is 3.60. The molecule has 2 aliphatic rings. The number of carbonyl (C=O) groups is 1. The molecule has 1 aromatic heterocycles. The highest BCUT2D eigenvalue weighted by Crippen LogP contribution is 2.48. The Bertz CT molecular complexity index is 1000. The third-order valence-electron chi connectivity index (χ3n) is 5.83. The molecule has 4 rings (SSSR count). The summed E-state index contributed by atoms with van der Waals surface area (Å²) in [4.78, 5) is 21.6. The van der Waals surface area contributed by atoms with Crippen molar-refractivity contribution < 1.29 is 14.3 Å². The zero-order valence-electron chi connectivity index (χ0n) is 17.1. The average molecular weight is 429 g/mol. The number of ether oxygens (including phenoxy) is 2. The van der Waals surface area contributed by atoms with Gasteiger partial charge in [0, 0.05) is 31.2 Å². The fourth-order valence-electron chi connectivity index (χ4n) is 4.36. The second-order valence-electron chi connectivity index (χ2n) is 7.87. The molecule has 158 valence electrons. The molecule has 1 saturated heterocycles. The normalized spacial score (nSPS) is 26.0. The first kappa shape index (κ1) is 20.6. The smallest absolute Gasteiger partial charge is 0.189 e. The van der Waals surface area contributed by atoms with Crippen molar-refractivity contribution in [3.63, 3.8) is 0 Å². The van der Waals surface area contributed by atoms with Crippen LogP contribution in [0.15, 0.2) is 41.4 Å². The number of benzene rings is 1. The van der Waals surface area contributed by atoms with E-state index in [-0.39, 0.29) is 11.7 Å². The van der Waals surface area contributed by atoms with E-state index in [1.165, 1.54) is 0 Å². The summed E-state index contributed by atoms with van der Waals surface area (Å²) >= 11 is 6.08. The van der Waals surface area contributed by atoms with Gasteiger partial charge in [-0.3, -0.25) is 9.79 Å². The molecule has 1 fully saturated rings. The van der Waals surface area contributed by atoms with Gasteiger partial charge in [-0.2, -0.15) is 0 Å². The first-order chi connectivity index (χ1) is 14.4. The van der Waals surface area contributed by atoms with Gasteiger partial charge in [0.05, 0.1) is 12.3 Å². The molecular formula is C22H25ClN4O3. The van der Waals surface area contributed by atoms with E-state index in [0.717, 1.165) is 18.4 Å². The zero-order valence-corrected chi connectivity index (χ0v) is 17.8. The number of carbonyl (C=O) groups excluding carboxylic acids is 1. The molecule has 8 heteroatoms. The van der Waals surface area contributed by atoms with Crippen LogP contribution in [0.3, 0.4) is 0 Å². The van der Waals surface area contributed by atoms with Crippen LogP contribution in [0.5, 0.6) is 5.75 Å². The van der Waals surface area contributed by atoms with Crippen LogP contribution in [0, 0.1) is 0 Å². The molecule has 2 aromatic rings. The predicted octanol–water partition coefficient (Wildman–Crippen LogP) is 3.05. The number of aliphatic imine (C=N–C) groups is 1. The molecule has 2 atom stereocenters. The fraction of sp³-hybridized carbons (Fsp3) is 0.409. The van der Waals surface area contributed by atoms with Crippen LogP contribution in [0.1, 0.15) is 31.7 Å². The van der Waals surface area contributed by atoms with Crippen molar-refractivity contribution in [1.82, 2.24) is 10.3 Å². The molecule has 30 heavy (non-hydrogen) atoms. The maximum absolute atomic E-state index is 13.2. The zero-order chi connectivity index (χ0) is 21.4. The Morgan fingerprint density at radius 2 is 2.17 bits per heavy atom. The van der Waals surface area contributed by atoms with Crippen LogP contribution in [0.25, 0.3) is 11.3 Å². The van der Waals surface area contributed by atoms with Crippen LogP contribution >= 0.6 is 11.6 Å². The highest BCUT2D eigenvalue weighted by Gasteiger charge is 2.53. The van der Waals surface area contributed by atoms with Crippen LogP contribution < -0.4 is 15.8 Å². The standard InChI is InChI=1S/C22H25ClN4O3/c1-14(28)22(27-20(24)25-2)12-21(9-4-10-29-13-21)30-18-8-7-15(11-16(18)22)17-5-3-6-19(23)26-17/h3,5-8,11H,4,9-10,12-13H2,1-2H3,(H3,24,25,27)/t21-,22-/m1/s1. The van der Waals surface area contributed by atoms with E-state index in [2.05, 4.69) is 15.3 Å². The highest BCUT2D eigenvalue weighted by atomic mass is 35.5. The first-order valence-corrected chi connectivity index (χ1v) is 10.3. The van der Waals surface area contributed by atoms with Gasteiger partial charge < -0.3 is 20.5 Å². The van der Waals surface area contributed by atoms with E-state index in [1.807, 2.05) is 30.3 Å². The Balaban J connectivity index is 1.89. The molecule has 0 radical (unpaired) electrons. The van der Waals surface area contributed by atoms with Crippen molar-refractivity contribution in [3.8, 4) is 17.0 Å². The SMILES string of the molecule is CN=C(N)N[C@@]1(C(C)=O)C[C@@]2(CCCOC2)Oc2ccc(-c3cccc(Cl)n3)cc21. The number of nitrogens with two attached hydrogens (primary N) is 1. The lowest BCUT2D eigenvalue weighted by Gasteiger charge is -2.49. The number of hydrogen-bond acceptors (Lipinski definition) is 5. The van der Waals surface area contributed by atoms with E-state index in [9.17, 15) is 4.79 Å². The van der Waals surface area contributed by atoms with E-state index in [1.54, 1.807) is 20.0 Å². The second kappa shape index (κ2) is 7.89. The Morgan fingerprint density at radius 3 is 2.83 bits per heavy atom. The molecular weight excluding hydrogens is 404 g/mol. The maximum atomic E-state index is 13.2. The van der Waals surface area contributed by atoms with E-state index < -0.39 is 11.1 Å². The average Bonchev–Trinajstić information content (AvgIpc) is 2.73. The van der Waals surface area contributed by atoms with E-state index >= 15 is 0 Å². The summed E-state index contributed by atoms with van der Waals surface area (Å²) in [6, 6.07) is 11.1. The third kappa shape index (κ3) is 3.63. The van der Waals surface area contributed by atoms with Gasteiger partial charge in [0.25, 0.3) is 0 Å². The molecule has 2 aliphatic heterocycles. The molecule has 3 heterocycles. The minimum absolute atomic E-state index is 0.0696. The second-order valence-corrected chi connectivity index (χ2v) is 8.26. The highest BCUT2D eigenvalue weighted by molar-refractivity contribution is 6.29. The van der Waals surface area contributed by atoms with Gasteiger partial charge in [-0.25, -0.2) is 4.98 Å². The van der Waals surface area contributed by atoms with Crippen LogP contribution in [-0.2, 0) is 15.1 Å². The van der Waals surface area contributed by atoms with Crippen LogP contribution in [0.2, 0.25) is 5.15 Å². The number of aromatic nitrogens is 1. The molecule has 1 spiro atoms. The number of guanidine groups is 1.